The number of nitrogens with zero attached hydrogens (tertiary/aromatic N) is 1. The van der Waals surface area contributed by atoms with Gasteiger partial charge in [0.1, 0.15) is 11.6 Å². The number of benzene rings is 1. The Kier molecular flexibility index (Phi) is 3.93. The van der Waals surface area contributed by atoms with Gasteiger partial charge in [-0.05, 0) is 46.3 Å². The van der Waals surface area contributed by atoms with Gasteiger partial charge in [-0.25, -0.2) is 9.37 Å². The summed E-state index contributed by atoms with van der Waals surface area (Å²) in [6.07, 6.45) is 1.55. The molecule has 0 radical (unpaired) electrons. The highest BCUT2D eigenvalue weighted by Crippen LogP contribution is 2.22. The first-order valence-electron chi connectivity index (χ1n) is 4.95. The third kappa shape index (κ3) is 2.86. The molecule has 1 amide bonds. The Balaban J connectivity index is 2.25. The molecule has 0 atom stereocenters. The van der Waals surface area contributed by atoms with Gasteiger partial charge >= 0.3 is 0 Å². The van der Waals surface area contributed by atoms with Crippen LogP contribution in [-0.2, 0) is 0 Å². The normalized spacial score (nSPS) is 10.2. The first kappa shape index (κ1) is 13.0. The summed E-state index contributed by atoms with van der Waals surface area (Å²) < 4.78 is 13.5. The van der Waals surface area contributed by atoms with E-state index in [4.69, 9.17) is 11.6 Å². The first-order chi connectivity index (χ1) is 8.58. The van der Waals surface area contributed by atoms with E-state index in [9.17, 15) is 9.18 Å². The lowest BCUT2D eigenvalue weighted by Crippen LogP contribution is -2.13. The van der Waals surface area contributed by atoms with Crippen LogP contribution in [0.25, 0.3) is 0 Å². The fourth-order valence-corrected chi connectivity index (χ4v) is 1.93. The van der Waals surface area contributed by atoms with Crippen molar-refractivity contribution in [3.63, 3.8) is 0 Å². The Morgan fingerprint density at radius 1 is 1.39 bits per heavy atom. The number of hydrogen-bond acceptors (Lipinski definition) is 2. The fraction of sp³-hybridized carbons (Fsp3) is 0. The molecule has 0 aliphatic rings. The van der Waals surface area contributed by atoms with E-state index in [2.05, 4.69) is 26.2 Å². The van der Waals surface area contributed by atoms with Gasteiger partial charge in [-0.1, -0.05) is 11.6 Å². The Morgan fingerprint density at radius 2 is 2.17 bits per heavy atom. The summed E-state index contributed by atoms with van der Waals surface area (Å²) in [6.45, 7) is 0. The highest BCUT2D eigenvalue weighted by Gasteiger charge is 2.13. The molecule has 0 saturated carbocycles. The molecule has 0 saturated heterocycles. The fourth-order valence-electron chi connectivity index (χ4n) is 1.33. The summed E-state index contributed by atoms with van der Waals surface area (Å²) in [5, 5.41) is 2.64. The highest BCUT2D eigenvalue weighted by molar-refractivity contribution is 9.10. The van der Waals surface area contributed by atoms with Crippen molar-refractivity contribution in [2.45, 2.75) is 0 Å². The van der Waals surface area contributed by atoms with Gasteiger partial charge in [0, 0.05) is 6.20 Å². The molecule has 1 N–H and O–H groups in total. The van der Waals surface area contributed by atoms with Crippen LogP contribution < -0.4 is 5.32 Å². The molecule has 2 aromatic rings. The van der Waals surface area contributed by atoms with Crippen molar-refractivity contribution in [1.82, 2.24) is 4.98 Å². The van der Waals surface area contributed by atoms with Gasteiger partial charge in [0.15, 0.2) is 0 Å². The van der Waals surface area contributed by atoms with Crippen molar-refractivity contribution < 1.29 is 9.18 Å². The molecule has 92 valence electrons. The van der Waals surface area contributed by atoms with Crippen molar-refractivity contribution in [2.24, 2.45) is 0 Å². The second kappa shape index (κ2) is 5.46. The van der Waals surface area contributed by atoms with Gasteiger partial charge in [-0.2, -0.15) is 0 Å². The Morgan fingerprint density at radius 3 is 2.83 bits per heavy atom. The summed E-state index contributed by atoms with van der Waals surface area (Å²) in [5.41, 5.74) is 0.190. The molecule has 18 heavy (non-hydrogen) atoms. The number of carbonyl (C=O) groups is 1. The molecule has 0 aliphatic carbocycles. The predicted octanol–water partition coefficient (Wildman–Crippen LogP) is 3.89. The summed E-state index contributed by atoms with van der Waals surface area (Å²) >= 11 is 9.05. The molecule has 0 bridgehead atoms. The smallest absolute Gasteiger partial charge is 0.258 e. The average molecular weight is 330 g/mol. The van der Waals surface area contributed by atoms with Gasteiger partial charge in [-0.3, -0.25) is 4.79 Å². The Labute approximate surface area is 116 Å². The minimum atomic E-state index is -0.490. The van der Waals surface area contributed by atoms with Gasteiger partial charge in [0.2, 0.25) is 0 Å². The van der Waals surface area contributed by atoms with Crippen molar-refractivity contribution in [2.75, 3.05) is 5.32 Å². The Hall–Kier alpha value is -1.46. The molecule has 1 aromatic heterocycles. The maximum atomic E-state index is 12.9. The second-order valence-corrected chi connectivity index (χ2v) is 4.67. The van der Waals surface area contributed by atoms with E-state index >= 15 is 0 Å². The number of halogens is 3. The second-order valence-electron chi connectivity index (χ2n) is 3.41. The zero-order valence-corrected chi connectivity index (χ0v) is 11.3. The molecule has 0 fully saturated rings. The molecule has 1 aromatic carbocycles. The number of aromatic nitrogens is 1. The van der Waals surface area contributed by atoms with Gasteiger partial charge in [0.25, 0.3) is 5.91 Å². The number of rotatable bonds is 2. The quantitative estimate of drug-likeness (QED) is 0.908. The molecule has 2 rings (SSSR count). The topological polar surface area (TPSA) is 42.0 Å². The van der Waals surface area contributed by atoms with Crippen LogP contribution in [0.5, 0.6) is 0 Å². The largest absolute Gasteiger partial charge is 0.306 e. The van der Waals surface area contributed by atoms with Crippen LogP contribution in [0.4, 0.5) is 10.2 Å². The number of anilines is 1. The minimum Gasteiger partial charge on any atom is -0.306 e. The lowest BCUT2D eigenvalue weighted by Gasteiger charge is -2.07. The third-order valence-electron chi connectivity index (χ3n) is 2.17. The maximum absolute atomic E-state index is 12.9. The molecular weight excluding hydrogens is 322 g/mol. The third-order valence-corrected chi connectivity index (χ3v) is 3.12. The summed E-state index contributed by atoms with van der Waals surface area (Å²) in [7, 11) is 0. The number of pyridine rings is 1. The van der Waals surface area contributed by atoms with Crippen LogP contribution in [0.2, 0.25) is 5.02 Å². The van der Waals surface area contributed by atoms with Gasteiger partial charge < -0.3 is 5.32 Å². The molecule has 3 nitrogen and oxygen atoms in total. The van der Waals surface area contributed by atoms with Crippen LogP contribution in [0, 0.1) is 5.82 Å². The van der Waals surface area contributed by atoms with Crippen molar-refractivity contribution in [3.05, 3.63) is 57.4 Å². The van der Waals surface area contributed by atoms with Crippen molar-refractivity contribution in [3.8, 4) is 0 Å². The van der Waals surface area contributed by atoms with E-state index in [0.717, 1.165) is 6.07 Å². The summed E-state index contributed by atoms with van der Waals surface area (Å²) in [5.74, 6) is -0.558. The summed E-state index contributed by atoms with van der Waals surface area (Å²) in [4.78, 5) is 15.9. The number of hydrogen-bond donors (Lipinski definition) is 1. The molecule has 0 aliphatic heterocycles. The monoisotopic (exact) mass is 328 g/mol. The molecule has 0 unspecified atom stereocenters. The van der Waals surface area contributed by atoms with E-state index in [1.165, 1.54) is 12.1 Å². The van der Waals surface area contributed by atoms with Gasteiger partial charge in [0.05, 0.1) is 15.1 Å². The number of nitrogens with one attached hydrogen (secondary N) is 1. The van der Waals surface area contributed by atoms with E-state index in [-0.39, 0.29) is 10.6 Å². The standard InChI is InChI=1S/C12H7BrClFN2O/c13-9-2-1-5-16-11(9)17-12(18)8-4-3-7(15)6-10(8)14/h1-6H,(H,16,17,18). The molecular formula is C12H7BrClFN2O. The number of carbonyl (C=O) groups excluding carboxylic acids is 1. The number of amides is 1. The SMILES string of the molecule is O=C(Nc1ncccc1Br)c1ccc(F)cc1Cl. The Bertz CT molecular complexity index is 606. The van der Waals surface area contributed by atoms with E-state index < -0.39 is 11.7 Å². The van der Waals surface area contributed by atoms with Crippen LogP contribution in [0.3, 0.4) is 0 Å². The van der Waals surface area contributed by atoms with E-state index in [1.807, 2.05) is 0 Å². The maximum Gasteiger partial charge on any atom is 0.258 e. The zero-order chi connectivity index (χ0) is 13.1. The van der Waals surface area contributed by atoms with Crippen LogP contribution >= 0.6 is 27.5 Å². The summed E-state index contributed by atoms with van der Waals surface area (Å²) in [6, 6.07) is 7.06. The highest BCUT2D eigenvalue weighted by atomic mass is 79.9. The van der Waals surface area contributed by atoms with Gasteiger partial charge in [-0.15, -0.1) is 0 Å². The predicted molar refractivity (Wildman–Crippen MR) is 71.3 cm³/mol. The molecule has 6 heteroatoms. The van der Waals surface area contributed by atoms with Crippen LogP contribution in [0.1, 0.15) is 10.4 Å². The van der Waals surface area contributed by atoms with Crippen LogP contribution in [0.15, 0.2) is 41.0 Å². The van der Waals surface area contributed by atoms with Crippen LogP contribution in [-0.4, -0.2) is 10.9 Å². The lowest BCUT2D eigenvalue weighted by atomic mass is 10.2. The van der Waals surface area contributed by atoms with Crippen molar-refractivity contribution >= 4 is 39.3 Å². The zero-order valence-electron chi connectivity index (χ0n) is 8.95. The first-order valence-corrected chi connectivity index (χ1v) is 6.12. The average Bonchev–Trinajstić information content (AvgIpc) is 2.32. The molecule has 1 heterocycles. The minimum absolute atomic E-state index is 0.0551. The van der Waals surface area contributed by atoms with Crippen molar-refractivity contribution in [1.29, 1.82) is 0 Å². The van der Waals surface area contributed by atoms with E-state index in [0.29, 0.717) is 10.3 Å². The molecule has 0 spiro atoms. The lowest BCUT2D eigenvalue weighted by molar-refractivity contribution is 0.102. The van der Waals surface area contributed by atoms with E-state index in [1.54, 1.807) is 18.3 Å².